The molecule has 2 aliphatic rings. The predicted octanol–water partition coefficient (Wildman–Crippen LogP) is 10.4. The third-order valence-electron chi connectivity index (χ3n) is 10.2. The van der Waals surface area contributed by atoms with Gasteiger partial charge < -0.3 is 9.88 Å². The van der Waals surface area contributed by atoms with Crippen molar-refractivity contribution in [3.8, 4) is 16.8 Å². The number of rotatable bonds is 4. The molecule has 0 bridgehead atoms. The lowest BCUT2D eigenvalue weighted by Gasteiger charge is -2.31. The van der Waals surface area contributed by atoms with Gasteiger partial charge in [-0.15, -0.1) is 0 Å². The zero-order valence-corrected chi connectivity index (χ0v) is 26.8. The lowest BCUT2D eigenvalue weighted by atomic mass is 9.82. The number of benzene rings is 6. The molecular formula is C44H35N3. The second-order valence-corrected chi connectivity index (χ2v) is 13.5. The van der Waals surface area contributed by atoms with E-state index < -0.39 is 5.54 Å². The van der Waals surface area contributed by atoms with E-state index in [2.05, 4.69) is 176 Å². The van der Waals surface area contributed by atoms with Crippen LogP contribution in [0.1, 0.15) is 48.6 Å². The molecule has 1 aromatic heterocycles. The highest BCUT2D eigenvalue weighted by atomic mass is 15.1. The van der Waals surface area contributed by atoms with Gasteiger partial charge in [0, 0.05) is 33.1 Å². The monoisotopic (exact) mass is 605 g/mol. The van der Waals surface area contributed by atoms with Crippen molar-refractivity contribution in [2.24, 2.45) is 4.99 Å². The van der Waals surface area contributed by atoms with Gasteiger partial charge in [-0.05, 0) is 76.7 Å². The quantitative estimate of drug-likeness (QED) is 0.213. The summed E-state index contributed by atoms with van der Waals surface area (Å²) in [5, 5.41) is 6.25. The van der Waals surface area contributed by atoms with E-state index in [0.717, 1.165) is 33.9 Å². The molecule has 0 fully saturated rings. The first kappa shape index (κ1) is 27.6. The first-order valence-electron chi connectivity index (χ1n) is 16.4. The maximum absolute atomic E-state index is 5.24. The van der Waals surface area contributed by atoms with Crippen molar-refractivity contribution in [3.05, 3.63) is 179 Å². The summed E-state index contributed by atoms with van der Waals surface area (Å²) >= 11 is 0. The van der Waals surface area contributed by atoms with Crippen LogP contribution in [0.15, 0.2) is 157 Å². The molecule has 0 radical (unpaired) electrons. The highest BCUT2D eigenvalue weighted by Crippen LogP contribution is 2.51. The fourth-order valence-electron chi connectivity index (χ4n) is 7.78. The maximum atomic E-state index is 5.24. The Bertz CT molecular complexity index is 2390. The molecule has 3 heteroatoms. The van der Waals surface area contributed by atoms with Crippen molar-refractivity contribution in [3.63, 3.8) is 0 Å². The van der Waals surface area contributed by atoms with Gasteiger partial charge in [-0.3, -0.25) is 4.99 Å². The smallest absolute Gasteiger partial charge is 0.133 e. The molecule has 0 saturated carbocycles. The van der Waals surface area contributed by atoms with Crippen LogP contribution in [0, 0.1) is 0 Å². The van der Waals surface area contributed by atoms with Gasteiger partial charge >= 0.3 is 0 Å². The number of hydrogen-bond donors (Lipinski definition) is 1. The van der Waals surface area contributed by atoms with Crippen LogP contribution >= 0.6 is 0 Å². The van der Waals surface area contributed by atoms with Crippen LogP contribution in [0.4, 0.5) is 0 Å². The Labute approximate surface area is 275 Å². The van der Waals surface area contributed by atoms with Crippen LogP contribution < -0.4 is 5.32 Å². The summed E-state index contributed by atoms with van der Waals surface area (Å²) in [4.78, 5) is 5.24. The summed E-state index contributed by atoms with van der Waals surface area (Å²) in [5.74, 6) is 0.873. The Morgan fingerprint density at radius 3 is 2.02 bits per heavy atom. The summed E-state index contributed by atoms with van der Waals surface area (Å²) in [5.41, 5.74) is 12.9. The Morgan fingerprint density at radius 2 is 1.23 bits per heavy atom. The minimum absolute atomic E-state index is 0.0398. The van der Waals surface area contributed by atoms with E-state index >= 15 is 0 Å². The van der Waals surface area contributed by atoms with E-state index in [-0.39, 0.29) is 5.41 Å². The average molecular weight is 606 g/mol. The number of nitrogens with one attached hydrogen (secondary N) is 1. The second kappa shape index (κ2) is 10.2. The largest absolute Gasteiger partial charge is 0.340 e. The van der Waals surface area contributed by atoms with Gasteiger partial charge in [-0.25, -0.2) is 0 Å². The molecule has 6 aromatic carbocycles. The first-order chi connectivity index (χ1) is 22.9. The number of fused-ring (bicyclic) bond motifs is 6. The fourth-order valence-corrected chi connectivity index (χ4v) is 7.78. The van der Waals surface area contributed by atoms with Gasteiger partial charge in [0.25, 0.3) is 0 Å². The van der Waals surface area contributed by atoms with Gasteiger partial charge in [-0.2, -0.15) is 0 Å². The molecule has 3 nitrogen and oxygen atoms in total. The molecule has 1 aliphatic carbocycles. The lowest BCUT2D eigenvalue weighted by molar-refractivity contribution is 0.622. The highest BCUT2D eigenvalue weighted by molar-refractivity contribution is 6.11. The first-order valence-corrected chi connectivity index (χ1v) is 16.4. The third kappa shape index (κ3) is 4.23. The molecule has 7 aromatic rings. The van der Waals surface area contributed by atoms with E-state index in [1.54, 1.807) is 0 Å². The molecule has 47 heavy (non-hydrogen) atoms. The van der Waals surface area contributed by atoms with Crippen LogP contribution in [0.3, 0.4) is 0 Å². The highest BCUT2D eigenvalue weighted by Gasteiger charge is 2.36. The molecule has 9 rings (SSSR count). The second-order valence-electron chi connectivity index (χ2n) is 13.5. The van der Waals surface area contributed by atoms with E-state index in [1.165, 1.54) is 44.1 Å². The van der Waals surface area contributed by atoms with Crippen molar-refractivity contribution >= 4 is 33.3 Å². The van der Waals surface area contributed by atoms with Gasteiger partial charge in [0.2, 0.25) is 0 Å². The number of hydrogen-bond acceptors (Lipinski definition) is 2. The average Bonchev–Trinajstić information content (AvgIpc) is 3.56. The molecule has 2 heterocycles. The summed E-state index contributed by atoms with van der Waals surface area (Å²) in [6.07, 6.45) is 2.26. The van der Waals surface area contributed by atoms with Crippen molar-refractivity contribution < 1.29 is 0 Å². The van der Waals surface area contributed by atoms with Crippen molar-refractivity contribution in [2.45, 2.75) is 31.7 Å². The molecule has 1 atom stereocenters. The topological polar surface area (TPSA) is 29.3 Å². The maximum Gasteiger partial charge on any atom is 0.133 e. The van der Waals surface area contributed by atoms with Crippen LogP contribution in [-0.2, 0) is 11.0 Å². The number of aromatic nitrogens is 1. The van der Waals surface area contributed by atoms with Gasteiger partial charge in [0.1, 0.15) is 11.4 Å². The molecule has 0 saturated heterocycles. The molecule has 1 aliphatic heterocycles. The Morgan fingerprint density at radius 1 is 0.553 bits per heavy atom. The summed E-state index contributed by atoms with van der Waals surface area (Å²) in [6, 6.07) is 52.5. The van der Waals surface area contributed by atoms with Crippen LogP contribution in [0.25, 0.3) is 44.3 Å². The molecular weight excluding hydrogens is 571 g/mol. The molecule has 226 valence electrons. The van der Waals surface area contributed by atoms with Crippen molar-refractivity contribution in [1.82, 2.24) is 9.88 Å². The number of para-hydroxylation sites is 1. The number of aliphatic imine (C=N–C) groups is 1. The van der Waals surface area contributed by atoms with E-state index in [1.807, 2.05) is 6.07 Å². The van der Waals surface area contributed by atoms with Crippen LogP contribution in [-0.4, -0.2) is 10.4 Å². The molecule has 0 amide bonds. The SMILES string of the molecule is CC1(c2ccccc2)C=C(c2ccc(-n3c4ccccc4c4cc5c(cc43)-c3ccccc3C5(C)C)cc2)NC(c2ccccc2)=N1. The Balaban J connectivity index is 1.18. The van der Waals surface area contributed by atoms with Crippen molar-refractivity contribution in [1.29, 1.82) is 0 Å². The Kier molecular flexibility index (Phi) is 5.98. The summed E-state index contributed by atoms with van der Waals surface area (Å²) < 4.78 is 2.43. The Hall–Kier alpha value is -5.67. The number of amidine groups is 1. The molecule has 0 spiro atoms. The fraction of sp³-hybridized carbons (Fsp3) is 0.114. The molecule has 1 unspecified atom stereocenters. The van der Waals surface area contributed by atoms with E-state index in [9.17, 15) is 0 Å². The minimum Gasteiger partial charge on any atom is -0.340 e. The van der Waals surface area contributed by atoms with Crippen LogP contribution in [0.5, 0.6) is 0 Å². The molecule has 1 N–H and O–H groups in total. The van der Waals surface area contributed by atoms with Gasteiger partial charge in [0.15, 0.2) is 0 Å². The minimum atomic E-state index is -0.511. The number of nitrogens with zero attached hydrogens (tertiary/aromatic N) is 2. The standard InChI is InChI=1S/C44H35N3/c1-43(2)37-20-12-10-18-33(37)35-27-41-36(26-38(35)43)34-19-11-13-21-40(34)47(41)32-24-22-29(23-25-32)39-28-44(3,31-16-8-5-9-17-31)46-42(45-39)30-14-6-4-7-15-30/h4-28H,1-3H3,(H,45,46). The predicted molar refractivity (Wildman–Crippen MR) is 196 cm³/mol. The lowest BCUT2D eigenvalue weighted by Crippen LogP contribution is -2.34. The third-order valence-corrected chi connectivity index (χ3v) is 10.2. The van der Waals surface area contributed by atoms with Gasteiger partial charge in [0.05, 0.1) is 11.0 Å². The zero-order valence-electron chi connectivity index (χ0n) is 26.8. The summed E-state index contributed by atoms with van der Waals surface area (Å²) in [6.45, 7) is 6.90. The van der Waals surface area contributed by atoms with E-state index in [0.29, 0.717) is 0 Å². The van der Waals surface area contributed by atoms with Gasteiger partial charge in [-0.1, -0.05) is 129 Å². The zero-order chi connectivity index (χ0) is 31.8. The normalized spacial score (nSPS) is 17.9. The van der Waals surface area contributed by atoms with Crippen molar-refractivity contribution in [2.75, 3.05) is 0 Å². The van der Waals surface area contributed by atoms with Crippen LogP contribution in [0.2, 0.25) is 0 Å². The van der Waals surface area contributed by atoms with E-state index in [4.69, 9.17) is 4.99 Å². The summed E-state index contributed by atoms with van der Waals surface area (Å²) in [7, 11) is 0.